The van der Waals surface area contributed by atoms with Gasteiger partial charge in [0, 0.05) is 31.3 Å². The van der Waals surface area contributed by atoms with Crippen LogP contribution in [-0.2, 0) is 71.7 Å². The Labute approximate surface area is 584 Å². The van der Waals surface area contributed by atoms with Crippen LogP contribution in [0.1, 0.15) is 170 Å². The SMILES string of the molecule is C1CCOC1.CC(C)(C)OC(=O)NC1CCC(F)(S(=O)(=O)c2cc(F)cc(C(F)(F)F)c2)CC1.CC(C)(C)OC(=O)OC(=O)OC(C)(C)C.CNC1CCC(F)(S(=O)(=O)c2cc(F)cc(C(F)(F)F)c2)CC1.Cl.NC1CCC(F)(S(=O)(=O)c2cc(F)cc(C(F)(F)F)c2)CC1.[AlH3].[H-].[Li+]. The number of carbonyl (C=O) groups is 3. The van der Waals surface area contributed by atoms with Crippen LogP contribution in [0.15, 0.2) is 69.3 Å². The van der Waals surface area contributed by atoms with Gasteiger partial charge in [-0.05, 0) is 214 Å². The van der Waals surface area contributed by atoms with E-state index in [-0.39, 0.29) is 150 Å². The molecule has 4 N–H and O–H groups in total. The zero-order valence-electron chi connectivity index (χ0n) is 55.3. The number of benzene rings is 3. The van der Waals surface area contributed by atoms with Gasteiger partial charge in [-0.25, -0.2) is 66.0 Å². The third-order valence-electron chi connectivity index (χ3n) is 14.1. The number of rotatable bonds is 8. The fourth-order valence-corrected chi connectivity index (χ4v) is 14.5. The van der Waals surface area contributed by atoms with Gasteiger partial charge >= 0.3 is 55.8 Å². The predicted octanol–water partition coefficient (Wildman–Crippen LogP) is 11.4. The van der Waals surface area contributed by atoms with E-state index in [1.54, 1.807) is 69.4 Å². The first-order chi connectivity index (χ1) is 42.5. The smallest absolute Gasteiger partial charge is 1.00 e. The van der Waals surface area contributed by atoms with Crippen molar-refractivity contribution >= 4 is 77.7 Å². The van der Waals surface area contributed by atoms with E-state index in [0.29, 0.717) is 18.2 Å². The largest absolute Gasteiger partial charge is 1.00 e. The molecule has 552 valence electrons. The van der Waals surface area contributed by atoms with E-state index in [9.17, 15) is 101 Å². The first kappa shape index (κ1) is 92.8. The van der Waals surface area contributed by atoms with Crippen LogP contribution in [0.2, 0.25) is 0 Å². The minimum Gasteiger partial charge on any atom is -1.00 e. The topological polar surface area (TPSA) is 250 Å². The summed E-state index contributed by atoms with van der Waals surface area (Å²) in [5.74, 6) is -4.18. The molecular weight excluding hydrogens is 1430 g/mol. The number of halogens is 16. The molecule has 0 atom stereocenters. The number of carbonyl (C=O) groups excluding carboxylic acids is 3. The van der Waals surface area contributed by atoms with Crippen LogP contribution < -0.4 is 35.2 Å². The molecule has 3 aliphatic carbocycles. The number of hydrogen-bond donors (Lipinski definition) is 3. The van der Waals surface area contributed by atoms with Gasteiger partial charge in [0.15, 0.2) is 17.4 Å². The quantitative estimate of drug-likeness (QED) is 0.0623. The second kappa shape index (κ2) is 36.1. The number of alkyl carbamates (subject to hydrolysis) is 1. The molecule has 1 amide bonds. The van der Waals surface area contributed by atoms with Crippen molar-refractivity contribution in [1.82, 2.24) is 10.6 Å². The Bertz CT molecular complexity index is 3400. The van der Waals surface area contributed by atoms with E-state index >= 15 is 4.39 Å². The Morgan fingerprint density at radius 1 is 0.495 bits per heavy atom. The van der Waals surface area contributed by atoms with Crippen molar-refractivity contribution in [2.45, 2.75) is 235 Å². The number of hydrogen-bond acceptors (Lipinski definition) is 16. The summed E-state index contributed by atoms with van der Waals surface area (Å²) < 4.78 is 298. The fraction of sp³-hybridized carbons (Fsp3) is 0.644. The van der Waals surface area contributed by atoms with Gasteiger partial charge in [-0.3, -0.25) is 0 Å². The van der Waals surface area contributed by atoms with Gasteiger partial charge < -0.3 is 41.5 Å². The van der Waals surface area contributed by atoms with Gasteiger partial charge in [0.2, 0.25) is 44.5 Å². The Balaban J connectivity index is 0. The minimum atomic E-state index is -4.98. The standard InChI is InChI=1S/C18H22F5NO4S.C14H16F5NO2S.C13H14F5NO2S.C10H18O5.C4H8O.Al.ClH.Li.4H/c1-16(2,3)28-15(25)24-13-4-6-17(20,7-5-13)29(26,27)14-9-11(18(21,22)23)8-12(19)10-14;1-20-11-2-4-13(16,5-3-11)23(21,22)12-7-9(14(17,18)19)6-10(15)8-12;14-9-5-8(13(16,17)18)6-11(7-9)22(20,21)12(15)3-1-10(19)2-4-12;1-9(2,3)14-7(11)13-8(12)15-10(4,5)6;1-2-4-5-3-1;;;;;;;/h8-10,13H,4-7H2,1-3H3,(H,24,25);6-8,11,20H,2-5H2,1H3;5-7,10H,1-4,19H2;1-6H3;1-4H2;;1H;;;;;/q;;;;;;;+1;;;;-1. The average molecular weight is 1510 g/mol. The van der Waals surface area contributed by atoms with Crippen molar-refractivity contribution in [2.75, 3.05) is 20.3 Å². The summed E-state index contributed by atoms with van der Waals surface area (Å²) in [5, 5.41) is -2.86. The molecule has 3 saturated carbocycles. The van der Waals surface area contributed by atoms with Crippen molar-refractivity contribution in [3.8, 4) is 0 Å². The fourth-order valence-electron chi connectivity index (χ4n) is 9.28. The number of ether oxygens (including phenoxy) is 5. The molecule has 0 aromatic heterocycles. The summed E-state index contributed by atoms with van der Waals surface area (Å²) >= 11 is 0. The van der Waals surface area contributed by atoms with Crippen LogP contribution in [0.25, 0.3) is 0 Å². The summed E-state index contributed by atoms with van der Waals surface area (Å²) in [4.78, 5) is 30.8. The summed E-state index contributed by atoms with van der Waals surface area (Å²) in [6.45, 7) is 17.0. The minimum absolute atomic E-state index is 0. The molecule has 0 radical (unpaired) electrons. The Morgan fingerprint density at radius 3 is 1.00 bits per heavy atom. The molecule has 38 heteroatoms. The number of nitrogens with two attached hydrogens (primary N) is 1. The van der Waals surface area contributed by atoms with E-state index < -0.39 is 179 Å². The molecule has 3 aromatic rings. The van der Waals surface area contributed by atoms with E-state index in [0.717, 1.165) is 13.2 Å². The molecule has 0 unspecified atom stereocenters. The number of alkyl halides is 12. The maximum atomic E-state index is 15.2. The van der Waals surface area contributed by atoms with E-state index in [2.05, 4.69) is 15.4 Å². The zero-order chi connectivity index (χ0) is 72.3. The Morgan fingerprint density at radius 2 is 0.763 bits per heavy atom. The molecule has 1 saturated heterocycles. The summed E-state index contributed by atoms with van der Waals surface area (Å²) in [6.07, 6.45) is -17.3. The third kappa shape index (κ3) is 28.6. The van der Waals surface area contributed by atoms with E-state index in [4.69, 9.17) is 24.7 Å². The van der Waals surface area contributed by atoms with Gasteiger partial charge in [-0.1, -0.05) is 0 Å². The molecule has 3 aromatic carbocycles. The molecule has 0 spiro atoms. The molecule has 97 heavy (non-hydrogen) atoms. The number of sulfone groups is 3. The van der Waals surface area contributed by atoms with Crippen LogP contribution in [0.4, 0.5) is 80.2 Å². The van der Waals surface area contributed by atoms with Crippen LogP contribution in [0, 0.1) is 17.5 Å². The van der Waals surface area contributed by atoms with Gasteiger partial charge in [0.25, 0.3) is 0 Å². The van der Waals surface area contributed by atoms with Gasteiger partial charge in [-0.15, -0.1) is 12.4 Å². The summed E-state index contributed by atoms with van der Waals surface area (Å²) in [5.41, 5.74) is -1.01. The van der Waals surface area contributed by atoms with Crippen LogP contribution in [0.3, 0.4) is 0 Å². The Kier molecular flexibility index (Phi) is 34.5. The van der Waals surface area contributed by atoms with Crippen molar-refractivity contribution in [2.24, 2.45) is 5.73 Å². The van der Waals surface area contributed by atoms with Crippen molar-refractivity contribution in [3.05, 3.63) is 88.7 Å². The molecule has 0 bridgehead atoms. The van der Waals surface area contributed by atoms with Gasteiger partial charge in [0.05, 0.1) is 31.4 Å². The third-order valence-corrected chi connectivity index (χ3v) is 20.8. The molecule has 1 heterocycles. The molecular formula is C59H83AlClF15LiN3O14S3. The van der Waals surface area contributed by atoms with Crippen molar-refractivity contribution in [3.63, 3.8) is 0 Å². The second-order valence-electron chi connectivity index (χ2n) is 25.4. The summed E-state index contributed by atoms with van der Waals surface area (Å²) in [7, 11) is -12.7. The number of amides is 1. The van der Waals surface area contributed by atoms with Crippen LogP contribution in [0.5, 0.6) is 0 Å². The van der Waals surface area contributed by atoms with Crippen molar-refractivity contribution in [1.29, 1.82) is 0 Å². The Hall–Kier alpha value is -4.23. The van der Waals surface area contributed by atoms with Crippen LogP contribution in [-0.4, -0.2) is 131 Å². The van der Waals surface area contributed by atoms with Crippen LogP contribution >= 0.6 is 12.4 Å². The molecule has 7 rings (SSSR count). The zero-order valence-corrected chi connectivity index (χ0v) is 57.6. The average Bonchev–Trinajstić information content (AvgIpc) is 1.27. The summed E-state index contributed by atoms with van der Waals surface area (Å²) in [6, 6.07) is 1.51. The molecule has 17 nitrogen and oxygen atoms in total. The normalized spacial score (nSPS) is 22.4. The molecule has 1 aliphatic heterocycles. The van der Waals surface area contributed by atoms with Gasteiger partial charge in [0.1, 0.15) is 34.3 Å². The molecule has 4 aliphatic rings. The first-order valence-corrected chi connectivity index (χ1v) is 33.5. The maximum Gasteiger partial charge on any atom is 1.00 e. The maximum absolute atomic E-state index is 15.2. The predicted molar refractivity (Wildman–Crippen MR) is 329 cm³/mol. The van der Waals surface area contributed by atoms with E-state index in [1.807, 2.05) is 0 Å². The molecule has 4 fully saturated rings. The van der Waals surface area contributed by atoms with Gasteiger partial charge in [-0.2, -0.15) is 39.5 Å². The van der Waals surface area contributed by atoms with E-state index in [1.165, 1.54) is 12.8 Å². The first-order valence-electron chi connectivity index (χ1n) is 29.1. The second-order valence-corrected chi connectivity index (χ2v) is 32.0. The monoisotopic (exact) mass is 1510 g/mol. The number of nitrogens with one attached hydrogen (secondary N) is 2. The van der Waals surface area contributed by atoms with Crippen molar-refractivity contribution < 1.29 is 149 Å².